The lowest BCUT2D eigenvalue weighted by Crippen LogP contribution is -2.35. The molecular weight excluding hydrogens is 338 g/mol. The molecule has 0 atom stereocenters. The first-order valence-electron chi connectivity index (χ1n) is 9.43. The second-order valence-electron chi connectivity index (χ2n) is 6.88. The number of unbranched alkanes of at least 4 members (excludes halogenated alkanes) is 1. The van der Waals surface area contributed by atoms with E-state index >= 15 is 0 Å². The number of amides is 1. The fraction of sp³-hybridized carbons (Fsp3) is 0.318. The summed E-state index contributed by atoms with van der Waals surface area (Å²) in [5.74, 6) is -0.180. The number of benzene rings is 2. The first-order chi connectivity index (χ1) is 13.0. The molecule has 3 rings (SSSR count). The number of rotatable bonds is 6. The Balaban J connectivity index is 2.18. The Morgan fingerprint density at radius 3 is 2.30 bits per heavy atom. The van der Waals surface area contributed by atoms with Crippen LogP contribution in [0.25, 0.3) is 10.8 Å². The van der Waals surface area contributed by atoms with Gasteiger partial charge in [-0.15, -0.1) is 0 Å². The highest BCUT2D eigenvalue weighted by Gasteiger charge is 2.23. The minimum absolute atomic E-state index is 0.130. The molecule has 27 heavy (non-hydrogen) atoms. The van der Waals surface area contributed by atoms with Crippen LogP contribution in [0.5, 0.6) is 0 Å². The van der Waals surface area contributed by atoms with Crippen molar-refractivity contribution in [3.05, 3.63) is 70.6 Å². The third kappa shape index (κ3) is 3.77. The molecule has 2 aromatic carbocycles. The van der Waals surface area contributed by atoms with Gasteiger partial charge in [0.25, 0.3) is 11.5 Å². The van der Waals surface area contributed by atoms with Gasteiger partial charge in [-0.1, -0.05) is 49.7 Å². The molecule has 5 nitrogen and oxygen atoms in total. The van der Waals surface area contributed by atoms with Crippen LogP contribution in [-0.2, 0) is 0 Å². The molecule has 0 saturated carbocycles. The molecule has 0 spiro atoms. The van der Waals surface area contributed by atoms with Crippen molar-refractivity contribution in [1.82, 2.24) is 9.78 Å². The summed E-state index contributed by atoms with van der Waals surface area (Å²) in [6.45, 7) is 6.49. The van der Waals surface area contributed by atoms with Crippen LogP contribution in [0.3, 0.4) is 0 Å². The van der Waals surface area contributed by atoms with E-state index in [-0.39, 0.29) is 17.5 Å². The summed E-state index contributed by atoms with van der Waals surface area (Å²) in [6, 6.07) is 16.7. The van der Waals surface area contributed by atoms with Gasteiger partial charge in [-0.25, -0.2) is 4.68 Å². The molecule has 0 aliphatic heterocycles. The van der Waals surface area contributed by atoms with E-state index in [1.165, 1.54) is 4.68 Å². The lowest BCUT2D eigenvalue weighted by atomic mass is 10.1. The van der Waals surface area contributed by atoms with Gasteiger partial charge in [-0.05, 0) is 38.5 Å². The second-order valence-corrected chi connectivity index (χ2v) is 6.88. The summed E-state index contributed by atoms with van der Waals surface area (Å²) in [7, 11) is 0. The van der Waals surface area contributed by atoms with Crippen molar-refractivity contribution < 1.29 is 4.79 Å². The molecule has 1 amide bonds. The van der Waals surface area contributed by atoms with Crippen molar-refractivity contribution in [2.24, 2.45) is 0 Å². The van der Waals surface area contributed by atoms with E-state index in [4.69, 9.17) is 0 Å². The molecule has 0 radical (unpaired) electrons. The Morgan fingerprint density at radius 2 is 1.67 bits per heavy atom. The number of para-hydroxylation sites is 1. The van der Waals surface area contributed by atoms with Crippen LogP contribution in [0.15, 0.2) is 59.4 Å². The van der Waals surface area contributed by atoms with Gasteiger partial charge in [0.05, 0.1) is 11.4 Å². The van der Waals surface area contributed by atoms with Crippen molar-refractivity contribution in [3.8, 4) is 0 Å². The largest absolute Gasteiger partial charge is 0.307 e. The predicted octanol–water partition coefficient (Wildman–Crippen LogP) is 4.42. The maximum absolute atomic E-state index is 13.5. The van der Waals surface area contributed by atoms with Crippen LogP contribution in [0.1, 0.15) is 50.1 Å². The van der Waals surface area contributed by atoms with Crippen LogP contribution >= 0.6 is 0 Å². The molecule has 1 heterocycles. The van der Waals surface area contributed by atoms with Gasteiger partial charge in [0.15, 0.2) is 5.69 Å². The highest BCUT2D eigenvalue weighted by Crippen LogP contribution is 2.21. The summed E-state index contributed by atoms with van der Waals surface area (Å²) >= 11 is 0. The van der Waals surface area contributed by atoms with E-state index in [9.17, 15) is 9.59 Å². The molecule has 0 saturated heterocycles. The molecular formula is C22H25N3O2. The van der Waals surface area contributed by atoms with Crippen molar-refractivity contribution >= 4 is 22.4 Å². The SMILES string of the molecule is CCCCN(C(=O)c1nn(C(C)C)c(=O)c2ccccc12)c1ccccc1. The van der Waals surface area contributed by atoms with E-state index in [1.807, 2.05) is 56.3 Å². The van der Waals surface area contributed by atoms with Crippen molar-refractivity contribution in [2.75, 3.05) is 11.4 Å². The van der Waals surface area contributed by atoms with Crippen molar-refractivity contribution in [1.29, 1.82) is 0 Å². The zero-order valence-electron chi connectivity index (χ0n) is 16.1. The first kappa shape index (κ1) is 18.8. The maximum atomic E-state index is 13.5. The van der Waals surface area contributed by atoms with E-state index in [0.29, 0.717) is 23.0 Å². The van der Waals surface area contributed by atoms with Gasteiger partial charge in [-0.2, -0.15) is 5.10 Å². The third-order valence-electron chi connectivity index (χ3n) is 4.57. The number of hydrogen-bond donors (Lipinski definition) is 0. The Hall–Kier alpha value is -2.95. The minimum Gasteiger partial charge on any atom is -0.307 e. The Labute approximate surface area is 159 Å². The number of hydrogen-bond acceptors (Lipinski definition) is 3. The smallest absolute Gasteiger partial charge is 0.279 e. The normalized spacial score (nSPS) is 11.1. The number of aromatic nitrogens is 2. The summed E-state index contributed by atoms with van der Waals surface area (Å²) < 4.78 is 1.40. The van der Waals surface area contributed by atoms with Crippen LogP contribution in [0.2, 0.25) is 0 Å². The summed E-state index contributed by atoms with van der Waals surface area (Å²) in [5, 5.41) is 5.59. The molecule has 140 valence electrons. The van der Waals surface area contributed by atoms with Crippen LogP contribution < -0.4 is 10.5 Å². The Morgan fingerprint density at radius 1 is 1.04 bits per heavy atom. The van der Waals surface area contributed by atoms with Crippen molar-refractivity contribution in [2.45, 2.75) is 39.7 Å². The first-order valence-corrected chi connectivity index (χ1v) is 9.43. The topological polar surface area (TPSA) is 55.2 Å². The molecule has 0 aliphatic carbocycles. The molecule has 5 heteroatoms. The lowest BCUT2D eigenvalue weighted by Gasteiger charge is -2.23. The number of fused-ring (bicyclic) bond motifs is 1. The standard InChI is InChI=1S/C22H25N3O2/c1-4-5-15-24(17-11-7-6-8-12-17)22(27)20-18-13-9-10-14-19(18)21(26)25(23-20)16(2)3/h6-14,16H,4-5,15H2,1-3H3. The molecule has 0 aliphatic rings. The molecule has 0 N–H and O–H groups in total. The Bertz CT molecular complexity index is 993. The van der Waals surface area contributed by atoms with E-state index in [2.05, 4.69) is 12.0 Å². The van der Waals surface area contributed by atoms with Crippen LogP contribution in [-0.4, -0.2) is 22.2 Å². The summed E-state index contributed by atoms with van der Waals surface area (Å²) in [5.41, 5.74) is 0.986. The third-order valence-corrected chi connectivity index (χ3v) is 4.57. The molecule has 0 bridgehead atoms. The van der Waals surface area contributed by atoms with Crippen molar-refractivity contribution in [3.63, 3.8) is 0 Å². The minimum atomic E-state index is -0.180. The Kier molecular flexibility index (Phi) is 5.69. The molecule has 0 fully saturated rings. The van der Waals surface area contributed by atoms with E-state index < -0.39 is 0 Å². The molecule has 0 unspecified atom stereocenters. The van der Waals surface area contributed by atoms with E-state index in [1.54, 1.807) is 17.0 Å². The van der Waals surface area contributed by atoms with Gasteiger partial charge in [0, 0.05) is 17.6 Å². The molecule has 3 aromatic rings. The fourth-order valence-corrected chi connectivity index (χ4v) is 3.11. The number of nitrogens with zero attached hydrogens (tertiary/aromatic N) is 3. The van der Waals surface area contributed by atoms with Gasteiger partial charge < -0.3 is 4.90 Å². The number of anilines is 1. The average molecular weight is 363 g/mol. The number of carbonyl (C=O) groups excluding carboxylic acids is 1. The summed E-state index contributed by atoms with van der Waals surface area (Å²) in [4.78, 5) is 28.0. The van der Waals surface area contributed by atoms with Gasteiger partial charge in [0.2, 0.25) is 0 Å². The zero-order valence-corrected chi connectivity index (χ0v) is 16.1. The average Bonchev–Trinajstić information content (AvgIpc) is 2.69. The highest BCUT2D eigenvalue weighted by molar-refractivity contribution is 6.12. The van der Waals surface area contributed by atoms with E-state index in [0.717, 1.165) is 18.5 Å². The second kappa shape index (κ2) is 8.16. The quantitative estimate of drug-likeness (QED) is 0.651. The lowest BCUT2D eigenvalue weighted by molar-refractivity contribution is 0.0981. The highest BCUT2D eigenvalue weighted by atomic mass is 16.2. The van der Waals surface area contributed by atoms with Gasteiger partial charge in [-0.3, -0.25) is 9.59 Å². The van der Waals surface area contributed by atoms with Crippen LogP contribution in [0.4, 0.5) is 5.69 Å². The number of carbonyl (C=O) groups is 1. The van der Waals surface area contributed by atoms with Gasteiger partial charge >= 0.3 is 0 Å². The molecule has 1 aromatic heterocycles. The zero-order chi connectivity index (χ0) is 19.4. The summed E-state index contributed by atoms with van der Waals surface area (Å²) in [6.07, 6.45) is 1.87. The van der Waals surface area contributed by atoms with Crippen LogP contribution in [0, 0.1) is 0 Å². The predicted molar refractivity (Wildman–Crippen MR) is 109 cm³/mol. The maximum Gasteiger partial charge on any atom is 0.279 e. The fourth-order valence-electron chi connectivity index (χ4n) is 3.11. The monoisotopic (exact) mass is 363 g/mol. The van der Waals surface area contributed by atoms with Gasteiger partial charge in [0.1, 0.15) is 0 Å².